The monoisotopic (exact) mass is 273 g/mol. The summed E-state index contributed by atoms with van der Waals surface area (Å²) in [7, 11) is 1.35. The molecule has 0 N–H and O–H groups in total. The van der Waals surface area contributed by atoms with Crippen molar-refractivity contribution in [2.24, 2.45) is 5.92 Å². The zero-order valence-electron chi connectivity index (χ0n) is 11.6. The Kier molecular flexibility index (Phi) is 3.47. The van der Waals surface area contributed by atoms with E-state index in [-0.39, 0.29) is 18.6 Å². The van der Waals surface area contributed by atoms with E-state index < -0.39 is 0 Å². The number of hydrogen-bond donors (Lipinski definition) is 0. The Morgan fingerprint density at radius 1 is 1.35 bits per heavy atom. The summed E-state index contributed by atoms with van der Waals surface area (Å²) in [4.78, 5) is 24.6. The molecule has 1 aromatic rings. The second kappa shape index (κ2) is 5.27. The van der Waals surface area contributed by atoms with Crippen LogP contribution in [0.25, 0.3) is 0 Å². The summed E-state index contributed by atoms with van der Waals surface area (Å²) in [6, 6.07) is 8.34. The van der Waals surface area contributed by atoms with E-state index in [4.69, 9.17) is 4.74 Å². The smallest absolute Gasteiger partial charge is 0.325 e. The second-order valence-electron chi connectivity index (χ2n) is 5.63. The number of nitrogens with zero attached hydrogens (tertiary/aromatic N) is 1. The molecule has 0 bridgehead atoms. The summed E-state index contributed by atoms with van der Waals surface area (Å²) in [5.74, 6) is 0.620. The van der Waals surface area contributed by atoms with Gasteiger partial charge in [-0.1, -0.05) is 30.7 Å². The molecule has 0 aromatic heterocycles. The van der Waals surface area contributed by atoms with Gasteiger partial charge in [0.2, 0.25) is 6.41 Å². The molecule has 1 aromatic carbocycles. The molecular formula is C16H19NO3. The average molecular weight is 273 g/mol. The maximum absolute atomic E-state index is 11.5. The van der Waals surface area contributed by atoms with Crippen molar-refractivity contribution in [3.05, 3.63) is 35.4 Å². The quantitative estimate of drug-likeness (QED) is 0.624. The van der Waals surface area contributed by atoms with Gasteiger partial charge < -0.3 is 9.64 Å². The van der Waals surface area contributed by atoms with Gasteiger partial charge in [0.15, 0.2) is 0 Å². The topological polar surface area (TPSA) is 46.6 Å². The molecule has 3 rings (SSSR count). The molecule has 2 aliphatic rings. The molecule has 2 aliphatic carbocycles. The minimum Gasteiger partial charge on any atom is -0.468 e. The van der Waals surface area contributed by atoms with Crippen molar-refractivity contribution in [3.8, 4) is 0 Å². The van der Waals surface area contributed by atoms with Gasteiger partial charge in [-0.25, -0.2) is 0 Å². The van der Waals surface area contributed by atoms with Gasteiger partial charge in [0.05, 0.1) is 13.2 Å². The lowest BCUT2D eigenvalue weighted by atomic mass is 9.94. The molecule has 1 saturated carbocycles. The Morgan fingerprint density at radius 2 is 2.10 bits per heavy atom. The van der Waals surface area contributed by atoms with E-state index in [1.54, 1.807) is 4.90 Å². The van der Waals surface area contributed by atoms with Crippen LogP contribution in [0.2, 0.25) is 0 Å². The molecule has 3 unspecified atom stereocenters. The van der Waals surface area contributed by atoms with Crippen molar-refractivity contribution in [2.75, 3.05) is 13.7 Å². The van der Waals surface area contributed by atoms with Crippen LogP contribution in [0.15, 0.2) is 24.3 Å². The third-order valence-corrected chi connectivity index (χ3v) is 4.72. The van der Waals surface area contributed by atoms with Gasteiger partial charge in [-0.15, -0.1) is 0 Å². The molecule has 0 aliphatic heterocycles. The normalized spacial score (nSPS) is 26.8. The van der Waals surface area contributed by atoms with E-state index in [0.717, 1.165) is 12.8 Å². The number of carbonyl (C=O) groups is 2. The maximum Gasteiger partial charge on any atom is 0.325 e. The Morgan fingerprint density at radius 3 is 2.80 bits per heavy atom. The van der Waals surface area contributed by atoms with E-state index in [1.165, 1.54) is 31.1 Å². The molecule has 106 valence electrons. The summed E-state index contributed by atoms with van der Waals surface area (Å²) in [6.45, 7) is 0.0300. The first kappa shape index (κ1) is 13.2. The number of amides is 1. The van der Waals surface area contributed by atoms with Gasteiger partial charge in [-0.2, -0.15) is 0 Å². The molecule has 0 radical (unpaired) electrons. The van der Waals surface area contributed by atoms with Crippen molar-refractivity contribution >= 4 is 12.4 Å². The van der Waals surface area contributed by atoms with Gasteiger partial charge in [-0.05, 0) is 35.8 Å². The summed E-state index contributed by atoms with van der Waals surface area (Å²) in [6.07, 6.45) is 4.29. The lowest BCUT2D eigenvalue weighted by Crippen LogP contribution is -2.35. The van der Waals surface area contributed by atoms with E-state index in [1.807, 2.05) is 6.07 Å². The third kappa shape index (κ3) is 1.99. The molecule has 3 atom stereocenters. The van der Waals surface area contributed by atoms with Crippen LogP contribution in [0.5, 0.6) is 0 Å². The number of ether oxygens (including phenoxy) is 1. The van der Waals surface area contributed by atoms with Gasteiger partial charge in [0.1, 0.15) is 6.54 Å². The Hall–Kier alpha value is -1.84. The molecule has 0 spiro atoms. The molecule has 0 heterocycles. The summed E-state index contributed by atoms with van der Waals surface area (Å²) < 4.78 is 4.70. The van der Waals surface area contributed by atoms with Crippen LogP contribution in [0, 0.1) is 5.92 Å². The second-order valence-corrected chi connectivity index (χ2v) is 5.63. The Bertz CT molecular complexity index is 528. The number of fused-ring (bicyclic) bond motifs is 3. The number of methoxy groups -OCH3 is 1. The highest BCUT2D eigenvalue weighted by Gasteiger charge is 2.45. The third-order valence-electron chi connectivity index (χ3n) is 4.72. The largest absolute Gasteiger partial charge is 0.468 e. The number of hydrogen-bond acceptors (Lipinski definition) is 3. The maximum atomic E-state index is 11.5. The number of benzene rings is 1. The number of esters is 1. The van der Waals surface area contributed by atoms with Crippen LogP contribution in [-0.2, 0) is 14.3 Å². The first-order chi connectivity index (χ1) is 9.76. The minimum absolute atomic E-state index is 0.0234. The van der Waals surface area contributed by atoms with Crippen LogP contribution in [0.4, 0.5) is 0 Å². The number of carbonyl (C=O) groups excluding carboxylic acids is 2. The van der Waals surface area contributed by atoms with Gasteiger partial charge >= 0.3 is 5.97 Å². The van der Waals surface area contributed by atoms with Crippen LogP contribution in [-0.4, -0.2) is 30.9 Å². The Labute approximate surface area is 118 Å². The van der Waals surface area contributed by atoms with Crippen LogP contribution < -0.4 is 0 Å². The molecule has 1 amide bonds. The molecule has 1 fully saturated rings. The molecule has 4 nitrogen and oxygen atoms in total. The summed E-state index contributed by atoms with van der Waals surface area (Å²) in [5, 5.41) is 0. The van der Waals surface area contributed by atoms with E-state index in [9.17, 15) is 9.59 Å². The molecule has 0 saturated heterocycles. The predicted molar refractivity (Wildman–Crippen MR) is 74.1 cm³/mol. The lowest BCUT2D eigenvalue weighted by Gasteiger charge is -2.29. The zero-order valence-corrected chi connectivity index (χ0v) is 11.6. The Balaban J connectivity index is 1.94. The molecule has 20 heavy (non-hydrogen) atoms. The van der Waals surface area contributed by atoms with Gasteiger partial charge in [-0.3, -0.25) is 9.59 Å². The molecular weight excluding hydrogens is 254 g/mol. The standard InChI is InChI=1S/C16H19NO3/c1-20-15(19)9-17(10-18)16-13-6-3-2-5-11(13)12-7-4-8-14(12)16/h2-3,5-6,10,12,14,16H,4,7-9H2,1H3. The lowest BCUT2D eigenvalue weighted by molar-refractivity contribution is -0.145. The minimum atomic E-state index is -0.365. The van der Waals surface area contributed by atoms with Crippen LogP contribution in [0.1, 0.15) is 42.3 Å². The van der Waals surface area contributed by atoms with Gasteiger partial charge in [0.25, 0.3) is 0 Å². The van der Waals surface area contributed by atoms with Gasteiger partial charge in [0, 0.05) is 0 Å². The van der Waals surface area contributed by atoms with E-state index >= 15 is 0 Å². The van der Waals surface area contributed by atoms with Crippen molar-refractivity contribution in [1.82, 2.24) is 4.90 Å². The highest BCUT2D eigenvalue weighted by atomic mass is 16.5. The van der Waals surface area contributed by atoms with Crippen molar-refractivity contribution in [1.29, 1.82) is 0 Å². The van der Waals surface area contributed by atoms with Crippen molar-refractivity contribution in [2.45, 2.75) is 31.2 Å². The fraction of sp³-hybridized carbons (Fsp3) is 0.500. The summed E-state index contributed by atoms with van der Waals surface area (Å²) >= 11 is 0. The zero-order chi connectivity index (χ0) is 14.1. The fourth-order valence-electron chi connectivity index (χ4n) is 3.94. The van der Waals surface area contributed by atoms with E-state index in [0.29, 0.717) is 11.8 Å². The highest BCUT2D eigenvalue weighted by molar-refractivity contribution is 5.74. The fourth-order valence-corrected chi connectivity index (χ4v) is 3.94. The van der Waals surface area contributed by atoms with Crippen molar-refractivity contribution < 1.29 is 14.3 Å². The predicted octanol–water partition coefficient (Wildman–Crippen LogP) is 2.26. The summed E-state index contributed by atoms with van der Waals surface area (Å²) in [5.41, 5.74) is 2.56. The van der Waals surface area contributed by atoms with Crippen LogP contribution >= 0.6 is 0 Å². The first-order valence-corrected chi connectivity index (χ1v) is 7.13. The number of rotatable bonds is 4. The molecule has 4 heteroatoms. The SMILES string of the molecule is COC(=O)CN(C=O)C1c2ccccc2C2CCCC21. The highest BCUT2D eigenvalue weighted by Crippen LogP contribution is 2.55. The van der Waals surface area contributed by atoms with Crippen molar-refractivity contribution in [3.63, 3.8) is 0 Å². The van der Waals surface area contributed by atoms with E-state index in [2.05, 4.69) is 18.2 Å². The van der Waals surface area contributed by atoms with Crippen LogP contribution in [0.3, 0.4) is 0 Å². The average Bonchev–Trinajstić information content (AvgIpc) is 3.05. The first-order valence-electron chi connectivity index (χ1n) is 7.13.